The second-order valence-corrected chi connectivity index (χ2v) is 8.48. The zero-order valence-electron chi connectivity index (χ0n) is 16.1. The molecule has 0 spiro atoms. The molecule has 0 radical (unpaired) electrons. The Morgan fingerprint density at radius 2 is 0.931 bits per heavy atom. The van der Waals surface area contributed by atoms with Gasteiger partial charge in [-0.25, -0.2) is 0 Å². The van der Waals surface area contributed by atoms with Crippen molar-refractivity contribution in [3.63, 3.8) is 0 Å². The monoisotopic (exact) mass is 518 g/mol. The zero-order chi connectivity index (χ0) is 23.6. The summed E-state index contributed by atoms with van der Waals surface area (Å²) in [7, 11) is 0. The van der Waals surface area contributed by atoms with Crippen LogP contribution < -0.4 is 0 Å². The number of rotatable bonds is 12. The van der Waals surface area contributed by atoms with Gasteiger partial charge in [-0.3, -0.25) is 4.79 Å². The first kappa shape index (κ1) is 33.8. The van der Waals surface area contributed by atoms with E-state index >= 15 is 0 Å². The normalized spacial score (nSPS) is 11.8. The van der Waals surface area contributed by atoms with Crippen molar-refractivity contribution in [1.82, 2.24) is 0 Å². The van der Waals surface area contributed by atoms with E-state index in [-0.39, 0.29) is 0 Å². The van der Waals surface area contributed by atoms with Gasteiger partial charge in [0.25, 0.3) is 0 Å². The van der Waals surface area contributed by atoms with Crippen LogP contribution in [0.4, 0.5) is 26.3 Å². The van der Waals surface area contributed by atoms with Crippen molar-refractivity contribution in [1.29, 1.82) is 0 Å². The van der Waals surface area contributed by atoms with Crippen molar-refractivity contribution in [3.8, 4) is 0 Å². The largest absolute Gasteiger partial charge is 0.481 e. The van der Waals surface area contributed by atoms with Crippen molar-refractivity contribution >= 4 is 52.4 Å². The first-order valence-corrected chi connectivity index (χ1v) is 10.6. The number of carboxylic acids is 1. The highest BCUT2D eigenvalue weighted by Crippen LogP contribution is 2.40. The Morgan fingerprint density at radius 1 is 0.690 bits per heavy atom. The average molecular weight is 520 g/mol. The van der Waals surface area contributed by atoms with Gasteiger partial charge in [0.2, 0.25) is 0 Å². The fourth-order valence-electron chi connectivity index (χ4n) is 1.94. The number of hydrogen-bond donors (Lipinski definition) is 1. The van der Waals surface area contributed by atoms with Crippen LogP contribution in [-0.2, 0) is 4.79 Å². The predicted octanol–water partition coefficient (Wildman–Crippen LogP) is 9.44. The van der Waals surface area contributed by atoms with E-state index in [0.717, 1.165) is 12.8 Å². The van der Waals surface area contributed by atoms with E-state index in [1.807, 2.05) is 0 Å². The lowest BCUT2D eigenvalue weighted by Crippen LogP contribution is -2.28. The van der Waals surface area contributed by atoms with E-state index < -0.39 is 21.6 Å². The molecule has 0 aromatic heterocycles. The fraction of sp³-hybridized carbons (Fsp3) is 0.941. The minimum atomic E-state index is -5.20. The Kier molecular flexibility index (Phi) is 22.1. The van der Waals surface area contributed by atoms with Gasteiger partial charge >= 0.3 is 21.6 Å². The number of aliphatic carboxylic acids is 1. The summed E-state index contributed by atoms with van der Waals surface area (Å²) in [5.41, 5.74) is 0. The predicted molar refractivity (Wildman–Crippen MR) is 107 cm³/mol. The first-order valence-electron chi connectivity index (χ1n) is 9.13. The van der Waals surface area contributed by atoms with Crippen LogP contribution in [-0.4, -0.2) is 26.7 Å². The lowest BCUT2D eigenvalue weighted by atomic mass is 10.1. The van der Waals surface area contributed by atoms with E-state index in [2.05, 4.69) is 53.3 Å². The smallest absolute Gasteiger partial charge is 0.452 e. The van der Waals surface area contributed by atoms with Crippen molar-refractivity contribution in [2.45, 2.75) is 99.6 Å². The molecule has 178 valence electrons. The summed E-state index contributed by atoms with van der Waals surface area (Å²) in [6, 6.07) is 0. The molecule has 0 bridgehead atoms. The highest BCUT2D eigenvalue weighted by atomic mass is 35.5. The Morgan fingerprint density at radius 3 is 1.14 bits per heavy atom. The van der Waals surface area contributed by atoms with Gasteiger partial charge < -0.3 is 5.11 Å². The second-order valence-electron chi connectivity index (χ2n) is 6.10. The Balaban J connectivity index is -0.000000430. The highest BCUT2D eigenvalue weighted by molar-refractivity contribution is 6.47. The molecule has 0 rings (SSSR count). The molecule has 0 aromatic carbocycles. The molecule has 12 heteroatoms. The van der Waals surface area contributed by atoms with Gasteiger partial charge in [0.15, 0.2) is 0 Å². The van der Waals surface area contributed by atoms with E-state index in [9.17, 15) is 31.1 Å². The maximum atomic E-state index is 11.3. The number of hydrogen-bond acceptors (Lipinski definition) is 1. The van der Waals surface area contributed by atoms with Gasteiger partial charge in [-0.1, -0.05) is 94.3 Å². The Hall–Kier alpha value is 0.210. The van der Waals surface area contributed by atoms with Gasteiger partial charge in [0, 0.05) is 6.42 Å². The maximum Gasteiger partial charge on any atom is 0.452 e. The topological polar surface area (TPSA) is 37.3 Å². The van der Waals surface area contributed by atoms with E-state index in [4.69, 9.17) is 5.11 Å². The lowest BCUT2D eigenvalue weighted by Gasteiger charge is -2.11. The molecule has 29 heavy (non-hydrogen) atoms. The molecule has 0 aromatic rings. The number of unbranched alkanes of at least 4 members (excludes halogenated alkanes) is 10. The van der Waals surface area contributed by atoms with Gasteiger partial charge in [-0.2, -0.15) is 26.3 Å². The maximum absolute atomic E-state index is 11.3. The summed E-state index contributed by atoms with van der Waals surface area (Å²) >= 11 is 15.9. The van der Waals surface area contributed by atoms with Crippen molar-refractivity contribution in [3.05, 3.63) is 0 Å². The zero-order valence-corrected chi connectivity index (χ0v) is 19.1. The average Bonchev–Trinajstić information content (AvgIpc) is 2.49. The van der Waals surface area contributed by atoms with Crippen LogP contribution in [0.1, 0.15) is 84.0 Å². The summed E-state index contributed by atoms with van der Waals surface area (Å²) in [5.74, 6) is -0.657. The number of carbonyl (C=O) groups is 1. The molecular formula is C17H28Cl4F6O2. The van der Waals surface area contributed by atoms with Crippen LogP contribution in [0.5, 0.6) is 0 Å². The third-order valence-corrected chi connectivity index (χ3v) is 3.74. The fourth-order valence-corrected chi connectivity index (χ4v) is 1.94. The molecule has 0 saturated carbocycles. The molecule has 0 atom stereocenters. The van der Waals surface area contributed by atoms with Crippen molar-refractivity contribution in [2.24, 2.45) is 0 Å². The van der Waals surface area contributed by atoms with Crippen molar-refractivity contribution < 1.29 is 36.2 Å². The van der Waals surface area contributed by atoms with Crippen LogP contribution in [0.3, 0.4) is 0 Å². The molecule has 2 nitrogen and oxygen atoms in total. The molecule has 0 aliphatic heterocycles. The second kappa shape index (κ2) is 18.9. The van der Waals surface area contributed by atoms with Gasteiger partial charge in [0.1, 0.15) is 0 Å². The summed E-state index contributed by atoms with van der Waals surface area (Å²) in [6.45, 7) is 2.25. The summed E-state index contributed by atoms with van der Waals surface area (Å²) in [5, 5.41) is 8.46. The van der Waals surface area contributed by atoms with Crippen LogP contribution in [0.25, 0.3) is 0 Å². The van der Waals surface area contributed by atoms with Gasteiger partial charge in [0.05, 0.1) is 0 Å². The highest BCUT2D eigenvalue weighted by Gasteiger charge is 2.53. The molecule has 0 aliphatic carbocycles. The molecule has 0 unspecified atom stereocenters. The summed E-state index contributed by atoms with van der Waals surface area (Å²) in [4.78, 5) is 6.70. The molecule has 1 N–H and O–H groups in total. The third-order valence-electron chi connectivity index (χ3n) is 3.32. The van der Waals surface area contributed by atoms with Crippen LogP contribution in [0.2, 0.25) is 0 Å². The standard InChI is InChI=1S/C14H28O2.C2Cl2F4.CCl2F2/c1-2-3-4-5-6-7-8-9-10-11-12-13-14(15)16;3-1(4,5)2(6,7)8;2-1(3,4)5/h2-13H2,1H3,(H,15,16);;. The SMILES string of the molecule is CCCCCCCCCCCCCC(=O)O.FC(F)(Cl)Cl.FC(F)(F)C(F)(Cl)Cl. The molecule has 0 amide bonds. The molecule has 0 heterocycles. The number of halogens is 10. The van der Waals surface area contributed by atoms with Gasteiger partial charge in [-0.15, -0.1) is 0 Å². The summed E-state index contributed by atoms with van der Waals surface area (Å²) < 4.78 is 61.1. The van der Waals surface area contributed by atoms with Crippen LogP contribution >= 0.6 is 46.4 Å². The quantitative estimate of drug-likeness (QED) is 0.158. The van der Waals surface area contributed by atoms with E-state index in [1.165, 1.54) is 57.8 Å². The van der Waals surface area contributed by atoms with E-state index in [1.54, 1.807) is 0 Å². The lowest BCUT2D eigenvalue weighted by molar-refractivity contribution is -0.170. The van der Waals surface area contributed by atoms with E-state index in [0.29, 0.717) is 6.42 Å². The number of carboxylic acid groups (broad SMARTS) is 1. The van der Waals surface area contributed by atoms with Gasteiger partial charge in [-0.05, 0) is 29.6 Å². The first-order chi connectivity index (χ1) is 13.0. The van der Waals surface area contributed by atoms with Crippen LogP contribution in [0, 0.1) is 0 Å². The minimum Gasteiger partial charge on any atom is -0.481 e. The minimum absolute atomic E-state index is 0.344. The molecular weight excluding hydrogens is 492 g/mol. The molecule has 0 aliphatic rings. The third kappa shape index (κ3) is 39.3. The molecule has 0 fully saturated rings. The Labute approximate surface area is 188 Å². The number of alkyl halides is 10. The Bertz CT molecular complexity index is 368. The summed E-state index contributed by atoms with van der Waals surface area (Å²) in [6.07, 6.45) is 9.16. The molecule has 0 saturated heterocycles. The van der Waals surface area contributed by atoms with Crippen LogP contribution in [0.15, 0.2) is 0 Å². The van der Waals surface area contributed by atoms with Crippen molar-refractivity contribution in [2.75, 3.05) is 0 Å².